The van der Waals surface area contributed by atoms with Gasteiger partial charge in [-0.25, -0.2) is 4.99 Å². The van der Waals surface area contributed by atoms with Gasteiger partial charge in [-0.1, -0.05) is 121 Å². The van der Waals surface area contributed by atoms with Crippen LogP contribution in [0.1, 0.15) is 5.56 Å². The van der Waals surface area contributed by atoms with E-state index in [1.807, 2.05) is 0 Å². The molecule has 0 aliphatic carbocycles. The van der Waals surface area contributed by atoms with E-state index in [-0.39, 0.29) is 0 Å². The van der Waals surface area contributed by atoms with Crippen molar-refractivity contribution in [2.75, 3.05) is 9.80 Å². The quantitative estimate of drug-likeness (QED) is 0.131. The number of fused-ring (bicyclic) bond motifs is 4. The molecule has 0 N–H and O–H groups in total. The normalized spacial score (nSPS) is 11.3. The molecule has 10 rings (SSSR count). The fraction of sp³-hybridized carbons (Fsp3) is 0.0192. The van der Waals surface area contributed by atoms with E-state index in [2.05, 4.69) is 238 Å². The molecule has 0 aliphatic heterocycles. The highest BCUT2D eigenvalue weighted by Gasteiger charge is 2.26. The predicted octanol–water partition coefficient (Wildman–Crippen LogP) is 13.9. The molecule has 10 aromatic rings. The van der Waals surface area contributed by atoms with Crippen LogP contribution in [0.4, 0.5) is 34.3 Å². The largest absolute Gasteiger partial charge is 0.333 e. The molecule has 0 radical (unpaired) electrons. The first-order valence-corrected chi connectivity index (χ1v) is 19.3. The predicted molar refractivity (Wildman–Crippen MR) is 240 cm³/mol. The Balaban J connectivity index is 1.23. The maximum absolute atomic E-state index is 4.83. The van der Waals surface area contributed by atoms with Crippen molar-refractivity contribution in [2.45, 2.75) is 6.54 Å². The Morgan fingerprint density at radius 1 is 0.404 bits per heavy atom. The third-order valence-electron chi connectivity index (χ3n) is 10.8. The molecule has 0 saturated carbocycles. The molecule has 2 heterocycles. The van der Waals surface area contributed by atoms with E-state index in [0.29, 0.717) is 6.54 Å². The average molecular weight is 734 g/mol. The van der Waals surface area contributed by atoms with E-state index in [0.717, 1.165) is 67.6 Å². The molecule has 0 atom stereocenters. The van der Waals surface area contributed by atoms with E-state index in [4.69, 9.17) is 4.99 Å². The summed E-state index contributed by atoms with van der Waals surface area (Å²) >= 11 is 0. The van der Waals surface area contributed by atoms with Crippen LogP contribution in [0, 0.1) is 0 Å². The Bertz CT molecular complexity index is 2930. The van der Waals surface area contributed by atoms with Crippen LogP contribution in [-0.4, -0.2) is 15.9 Å². The van der Waals surface area contributed by atoms with Gasteiger partial charge in [0, 0.05) is 56.8 Å². The number of aromatic nitrogens is 2. The van der Waals surface area contributed by atoms with Crippen molar-refractivity contribution >= 4 is 73.7 Å². The van der Waals surface area contributed by atoms with Crippen molar-refractivity contribution in [1.82, 2.24) is 9.13 Å². The van der Waals surface area contributed by atoms with Crippen LogP contribution in [0.15, 0.2) is 217 Å². The van der Waals surface area contributed by atoms with Gasteiger partial charge in [-0.3, -0.25) is 4.57 Å². The number of aliphatic imine (C=N–C) groups is 1. The maximum Gasteiger partial charge on any atom is 0.161 e. The van der Waals surface area contributed by atoms with Crippen molar-refractivity contribution in [3.8, 4) is 11.4 Å². The lowest BCUT2D eigenvalue weighted by atomic mass is 10.1. The Kier molecular flexibility index (Phi) is 8.65. The van der Waals surface area contributed by atoms with E-state index < -0.39 is 0 Å². The van der Waals surface area contributed by atoms with Gasteiger partial charge in [0.05, 0.1) is 22.2 Å². The highest BCUT2D eigenvalue weighted by Crippen LogP contribution is 2.48. The topological polar surface area (TPSA) is 28.7 Å². The number of rotatable bonds is 10. The molecule has 0 fully saturated rings. The van der Waals surface area contributed by atoms with Crippen LogP contribution < -0.4 is 9.80 Å². The summed E-state index contributed by atoms with van der Waals surface area (Å²) in [5.41, 5.74) is 12.0. The highest BCUT2D eigenvalue weighted by molar-refractivity contribution is 6.17. The van der Waals surface area contributed by atoms with E-state index in [1.54, 1.807) is 0 Å². The van der Waals surface area contributed by atoms with Crippen LogP contribution in [0.3, 0.4) is 0 Å². The Morgan fingerprint density at radius 3 is 1.49 bits per heavy atom. The molecule has 0 amide bonds. The zero-order valence-electron chi connectivity index (χ0n) is 31.4. The minimum Gasteiger partial charge on any atom is -0.333 e. The fourth-order valence-corrected chi connectivity index (χ4v) is 8.27. The monoisotopic (exact) mass is 733 g/mol. The molecule has 272 valence electrons. The third-order valence-corrected chi connectivity index (χ3v) is 10.8. The van der Waals surface area contributed by atoms with Gasteiger partial charge in [-0.2, -0.15) is 0 Å². The van der Waals surface area contributed by atoms with Gasteiger partial charge in [0.1, 0.15) is 0 Å². The summed E-state index contributed by atoms with van der Waals surface area (Å²) < 4.78 is 4.67. The van der Waals surface area contributed by atoms with E-state index in [1.165, 1.54) is 16.3 Å². The summed E-state index contributed by atoms with van der Waals surface area (Å²) in [6.07, 6.45) is 0. The molecule has 5 heteroatoms. The van der Waals surface area contributed by atoms with Gasteiger partial charge in [0.2, 0.25) is 0 Å². The second kappa shape index (κ2) is 14.5. The number of para-hydroxylation sites is 5. The second-order valence-electron chi connectivity index (χ2n) is 14.2. The van der Waals surface area contributed by atoms with Crippen LogP contribution in [-0.2, 0) is 6.54 Å². The van der Waals surface area contributed by atoms with Crippen molar-refractivity contribution in [3.05, 3.63) is 218 Å². The number of hydrogen-bond donors (Lipinski definition) is 0. The molecule has 5 nitrogen and oxygen atoms in total. The number of anilines is 5. The first-order valence-electron chi connectivity index (χ1n) is 19.3. The summed E-state index contributed by atoms with van der Waals surface area (Å²) in [5, 5.41) is 3.45. The molecule has 0 aliphatic rings. The van der Waals surface area contributed by atoms with Crippen LogP contribution in [0.2, 0.25) is 0 Å². The Hall–Kier alpha value is -7.63. The molecule has 0 saturated heterocycles. The molecule has 57 heavy (non-hydrogen) atoms. The lowest BCUT2D eigenvalue weighted by molar-refractivity contribution is 0.973. The summed E-state index contributed by atoms with van der Waals surface area (Å²) in [5.74, 6) is 0.797. The van der Waals surface area contributed by atoms with Crippen LogP contribution in [0.25, 0.3) is 44.1 Å². The van der Waals surface area contributed by atoms with Gasteiger partial charge in [-0.15, -0.1) is 0 Å². The van der Waals surface area contributed by atoms with Gasteiger partial charge in [0.15, 0.2) is 5.82 Å². The third kappa shape index (κ3) is 6.03. The lowest BCUT2D eigenvalue weighted by Crippen LogP contribution is -2.16. The zero-order valence-corrected chi connectivity index (χ0v) is 31.4. The van der Waals surface area contributed by atoms with Crippen molar-refractivity contribution in [1.29, 1.82) is 0 Å². The molecule has 2 aromatic heterocycles. The number of hydrogen-bond acceptors (Lipinski definition) is 3. The molecule has 0 bridgehead atoms. The average Bonchev–Trinajstić information content (AvgIpc) is 3.78. The number of benzene rings is 8. The second-order valence-corrected chi connectivity index (χ2v) is 14.2. The van der Waals surface area contributed by atoms with Gasteiger partial charge in [-0.05, 0) is 103 Å². The molecular formula is C52H39N5. The van der Waals surface area contributed by atoms with Crippen LogP contribution in [0.5, 0.6) is 0 Å². The maximum atomic E-state index is 4.83. The first kappa shape index (κ1) is 33.9. The van der Waals surface area contributed by atoms with E-state index >= 15 is 0 Å². The standard InChI is InChI=1S/C52H39N5/c1-53-52-51(54(39-21-9-3-10-22-39)37-38-19-7-2-8-20-38)47-36-49-46(35-50(47)57(52)42-27-15-6-16-28-42)45-29-17-18-30-48(45)56(49)44-33-31-43(32-34-44)55(40-23-11-4-12-24-40)41-25-13-5-14-26-41/h2-36H,1,37H2. The van der Waals surface area contributed by atoms with E-state index in [9.17, 15) is 0 Å². The zero-order chi connectivity index (χ0) is 38.1. The van der Waals surface area contributed by atoms with Crippen molar-refractivity contribution in [2.24, 2.45) is 4.99 Å². The summed E-state index contributed by atoms with van der Waals surface area (Å²) in [6, 6.07) is 75.2. The SMILES string of the molecule is C=Nc1c(N(Cc2ccccc2)c2ccccc2)c2cc3c(cc2n1-c1ccccc1)c1ccccc1n3-c1ccc(N(c2ccccc2)c2ccccc2)cc1. The fourth-order valence-electron chi connectivity index (χ4n) is 8.27. The summed E-state index contributed by atoms with van der Waals surface area (Å²) in [4.78, 5) is 9.51. The van der Waals surface area contributed by atoms with Crippen molar-refractivity contribution < 1.29 is 0 Å². The first-order chi connectivity index (χ1) is 28.3. The van der Waals surface area contributed by atoms with Crippen LogP contribution >= 0.6 is 0 Å². The summed E-state index contributed by atoms with van der Waals surface area (Å²) in [7, 11) is 0. The minimum absolute atomic E-state index is 0.656. The molecule has 8 aromatic carbocycles. The van der Waals surface area contributed by atoms with Gasteiger partial charge >= 0.3 is 0 Å². The number of nitrogens with zero attached hydrogens (tertiary/aromatic N) is 5. The highest BCUT2D eigenvalue weighted by atomic mass is 15.2. The lowest BCUT2D eigenvalue weighted by Gasteiger charge is -2.26. The molecular weight excluding hydrogens is 695 g/mol. The molecule has 0 unspecified atom stereocenters. The smallest absolute Gasteiger partial charge is 0.161 e. The Morgan fingerprint density at radius 2 is 0.877 bits per heavy atom. The molecule has 0 spiro atoms. The summed E-state index contributed by atoms with van der Waals surface area (Å²) in [6.45, 7) is 4.84. The van der Waals surface area contributed by atoms with Gasteiger partial charge < -0.3 is 14.4 Å². The van der Waals surface area contributed by atoms with Gasteiger partial charge in [0.25, 0.3) is 0 Å². The Labute approximate surface area is 332 Å². The minimum atomic E-state index is 0.656. The van der Waals surface area contributed by atoms with Crippen molar-refractivity contribution in [3.63, 3.8) is 0 Å².